The molecule has 0 radical (unpaired) electrons. The van der Waals surface area contributed by atoms with Gasteiger partial charge in [0.15, 0.2) is 17.8 Å². The number of aromatic nitrogens is 6. The molecule has 1 unspecified atom stereocenters. The number of rotatable bonds is 8. The summed E-state index contributed by atoms with van der Waals surface area (Å²) in [6, 6.07) is 19.3. The maximum Gasteiger partial charge on any atom is 0.416 e. The van der Waals surface area contributed by atoms with Crippen molar-refractivity contribution in [3.05, 3.63) is 111 Å². The molecule has 0 saturated carbocycles. The van der Waals surface area contributed by atoms with Crippen LogP contribution in [0.3, 0.4) is 0 Å². The Morgan fingerprint density at radius 1 is 0.976 bits per heavy atom. The quantitative estimate of drug-likeness (QED) is 0.257. The van der Waals surface area contributed by atoms with Gasteiger partial charge in [-0.05, 0) is 48.5 Å². The van der Waals surface area contributed by atoms with Gasteiger partial charge in [0.05, 0.1) is 28.5 Å². The molecule has 0 bridgehead atoms. The van der Waals surface area contributed by atoms with Crippen LogP contribution in [0.4, 0.5) is 18.9 Å². The van der Waals surface area contributed by atoms with Gasteiger partial charge in [0.25, 0.3) is 5.91 Å². The number of aliphatic hydroxyl groups is 1. The maximum absolute atomic E-state index is 13.2. The summed E-state index contributed by atoms with van der Waals surface area (Å²) < 4.78 is 42.4. The first-order chi connectivity index (χ1) is 20.0. The lowest BCUT2D eigenvalue weighted by Crippen LogP contribution is -2.37. The summed E-state index contributed by atoms with van der Waals surface area (Å²) in [4.78, 5) is 30.4. The predicted molar refractivity (Wildman–Crippen MR) is 149 cm³/mol. The van der Waals surface area contributed by atoms with Crippen LogP contribution in [0.5, 0.6) is 0 Å². The minimum Gasteiger partial charge on any atom is -0.382 e. The molecule has 216 valence electrons. The lowest BCUT2D eigenvalue weighted by atomic mass is 10.1. The van der Waals surface area contributed by atoms with Crippen LogP contribution in [0, 0.1) is 0 Å². The van der Waals surface area contributed by atoms with Gasteiger partial charge >= 0.3 is 11.9 Å². The molecule has 3 aromatic carbocycles. The second-order valence-electron chi connectivity index (χ2n) is 9.00. The lowest BCUT2D eigenvalue weighted by molar-refractivity contribution is -0.207. The number of carbonyl (C=O) groups is 1. The van der Waals surface area contributed by atoms with Crippen molar-refractivity contribution in [3.63, 3.8) is 0 Å². The first-order valence-corrected chi connectivity index (χ1v) is 13.0. The summed E-state index contributed by atoms with van der Waals surface area (Å²) in [6.45, 7) is -1.38. The molecule has 15 heteroatoms. The van der Waals surface area contributed by atoms with Crippen molar-refractivity contribution < 1.29 is 23.1 Å². The van der Waals surface area contributed by atoms with Gasteiger partial charge < -0.3 is 10.4 Å². The van der Waals surface area contributed by atoms with Crippen molar-refractivity contribution >= 4 is 34.8 Å². The Bertz CT molecular complexity index is 1800. The molecule has 2 heterocycles. The fourth-order valence-electron chi connectivity index (χ4n) is 4.04. The summed E-state index contributed by atoms with van der Waals surface area (Å²) in [7, 11) is 0. The standard InChI is InChI=1S/C27H20Cl2F3N7O3/c28-17-11-9-16(10-12-17)24-36-38(26(42)37(24)13-22(40)27(30,31)32)14-23-33-15-39(35-23)21-8-4-1-5-18(21)25(41)34-20-7-3-2-6-19(20)29/h1-12,15,22,40H,13-14H2,(H,34,41). The van der Waals surface area contributed by atoms with E-state index in [-0.39, 0.29) is 23.8 Å². The van der Waals surface area contributed by atoms with Crippen LogP contribution in [0.15, 0.2) is 83.9 Å². The fourth-order valence-corrected chi connectivity index (χ4v) is 4.34. The second kappa shape index (κ2) is 11.8. The SMILES string of the molecule is O=C(Nc1ccccc1Cl)c1ccccc1-n1cnc(Cn2nc(-c3ccc(Cl)cc3)n(CC(O)C(F)(F)F)c2=O)n1. The normalized spacial score (nSPS) is 12.3. The van der Waals surface area contributed by atoms with E-state index in [9.17, 15) is 27.9 Å². The van der Waals surface area contributed by atoms with E-state index in [0.29, 0.717) is 27.0 Å². The van der Waals surface area contributed by atoms with Crippen LogP contribution in [-0.4, -0.2) is 52.4 Å². The molecule has 0 saturated heterocycles. The predicted octanol–water partition coefficient (Wildman–Crippen LogP) is 4.82. The molecule has 42 heavy (non-hydrogen) atoms. The van der Waals surface area contributed by atoms with Crippen LogP contribution >= 0.6 is 23.2 Å². The van der Waals surface area contributed by atoms with Crippen molar-refractivity contribution in [2.75, 3.05) is 5.32 Å². The largest absolute Gasteiger partial charge is 0.416 e. The van der Waals surface area contributed by atoms with Gasteiger partial charge in [-0.15, -0.1) is 10.2 Å². The van der Waals surface area contributed by atoms with Gasteiger partial charge in [0.1, 0.15) is 12.9 Å². The molecule has 0 aliphatic carbocycles. The van der Waals surface area contributed by atoms with Crippen LogP contribution in [0.1, 0.15) is 16.2 Å². The molecule has 5 aromatic rings. The molecular formula is C27H20Cl2F3N7O3. The fraction of sp³-hybridized carbons (Fsp3) is 0.148. The Hall–Kier alpha value is -4.46. The van der Waals surface area contributed by atoms with Crippen LogP contribution in [0.25, 0.3) is 17.1 Å². The monoisotopic (exact) mass is 617 g/mol. The van der Waals surface area contributed by atoms with E-state index in [4.69, 9.17) is 23.2 Å². The Labute approximate surface area is 245 Å². The number of aliphatic hydroxyl groups excluding tert-OH is 1. The Morgan fingerprint density at radius 3 is 2.38 bits per heavy atom. The number of nitrogens with one attached hydrogen (secondary N) is 1. The molecular weight excluding hydrogens is 598 g/mol. The molecule has 0 fully saturated rings. The zero-order valence-electron chi connectivity index (χ0n) is 21.3. The maximum atomic E-state index is 13.2. The summed E-state index contributed by atoms with van der Waals surface area (Å²) in [5.41, 5.74) is 0.427. The first kappa shape index (κ1) is 29.0. The molecule has 2 N–H and O–H groups in total. The van der Waals surface area contributed by atoms with Gasteiger partial charge in [-0.1, -0.05) is 47.5 Å². The van der Waals surface area contributed by atoms with Gasteiger partial charge in [0.2, 0.25) is 0 Å². The molecule has 0 aliphatic heterocycles. The molecule has 1 atom stereocenters. The molecule has 0 spiro atoms. The van der Waals surface area contributed by atoms with E-state index >= 15 is 0 Å². The van der Waals surface area contributed by atoms with Gasteiger partial charge in [-0.3, -0.25) is 9.36 Å². The van der Waals surface area contributed by atoms with Crippen LogP contribution < -0.4 is 11.0 Å². The summed E-state index contributed by atoms with van der Waals surface area (Å²) in [5.74, 6) is -0.482. The Kier molecular flexibility index (Phi) is 8.16. The zero-order chi connectivity index (χ0) is 30.0. The van der Waals surface area contributed by atoms with E-state index in [1.807, 2.05) is 0 Å². The number of halogens is 5. The second-order valence-corrected chi connectivity index (χ2v) is 9.84. The number of para-hydroxylation sites is 2. The van der Waals surface area contributed by atoms with Gasteiger partial charge in [0, 0.05) is 10.6 Å². The van der Waals surface area contributed by atoms with E-state index in [1.54, 1.807) is 48.5 Å². The number of benzene rings is 3. The lowest BCUT2D eigenvalue weighted by Gasteiger charge is -2.15. The third-order valence-corrected chi connectivity index (χ3v) is 6.69. The molecule has 5 rings (SSSR count). The highest BCUT2D eigenvalue weighted by Gasteiger charge is 2.39. The number of carbonyl (C=O) groups excluding carboxylic acids is 1. The average Bonchev–Trinajstić information content (AvgIpc) is 3.55. The Balaban J connectivity index is 1.45. The molecule has 1 amide bonds. The van der Waals surface area contributed by atoms with Crippen molar-refractivity contribution in [3.8, 4) is 17.1 Å². The minimum absolute atomic E-state index is 0.0853. The van der Waals surface area contributed by atoms with Gasteiger partial charge in [-0.2, -0.15) is 13.2 Å². The number of hydrogen-bond donors (Lipinski definition) is 2. The van der Waals surface area contributed by atoms with Crippen LogP contribution in [-0.2, 0) is 13.1 Å². The molecule has 10 nitrogen and oxygen atoms in total. The van der Waals surface area contributed by atoms with E-state index in [0.717, 1.165) is 9.25 Å². The number of anilines is 1. The smallest absolute Gasteiger partial charge is 0.382 e. The zero-order valence-corrected chi connectivity index (χ0v) is 22.8. The first-order valence-electron chi connectivity index (χ1n) is 12.3. The highest BCUT2D eigenvalue weighted by atomic mass is 35.5. The van der Waals surface area contributed by atoms with E-state index in [2.05, 4.69) is 20.5 Å². The number of alkyl halides is 3. The molecule has 0 aliphatic rings. The number of nitrogens with zero attached hydrogens (tertiary/aromatic N) is 6. The number of hydrogen-bond acceptors (Lipinski definition) is 6. The highest BCUT2D eigenvalue weighted by molar-refractivity contribution is 6.34. The van der Waals surface area contributed by atoms with Crippen molar-refractivity contribution in [1.29, 1.82) is 0 Å². The summed E-state index contributed by atoms with van der Waals surface area (Å²) in [6.07, 6.45) is -6.43. The van der Waals surface area contributed by atoms with E-state index < -0.39 is 30.4 Å². The Morgan fingerprint density at radius 2 is 1.67 bits per heavy atom. The summed E-state index contributed by atoms with van der Waals surface area (Å²) in [5, 5.41) is 21.7. The van der Waals surface area contributed by atoms with Gasteiger partial charge in [-0.25, -0.2) is 19.1 Å². The molecule has 2 aromatic heterocycles. The average molecular weight is 618 g/mol. The topological polar surface area (TPSA) is 120 Å². The third-order valence-electron chi connectivity index (χ3n) is 6.11. The number of amides is 1. The minimum atomic E-state index is -4.95. The third kappa shape index (κ3) is 6.22. The summed E-state index contributed by atoms with van der Waals surface area (Å²) >= 11 is 12.1. The highest BCUT2D eigenvalue weighted by Crippen LogP contribution is 2.25. The van der Waals surface area contributed by atoms with Crippen molar-refractivity contribution in [2.45, 2.75) is 25.4 Å². The van der Waals surface area contributed by atoms with E-state index in [1.165, 1.54) is 35.3 Å². The van der Waals surface area contributed by atoms with Crippen molar-refractivity contribution in [1.82, 2.24) is 29.1 Å². The van der Waals surface area contributed by atoms with Crippen LogP contribution in [0.2, 0.25) is 10.0 Å². The van der Waals surface area contributed by atoms with Crippen molar-refractivity contribution in [2.24, 2.45) is 0 Å².